The Balaban J connectivity index is 0.867. The Morgan fingerprint density at radius 2 is 0.963 bits per heavy atom. The van der Waals surface area contributed by atoms with E-state index in [1.807, 2.05) is 109 Å². The molecule has 0 saturated carbocycles. The molecule has 81 heavy (non-hydrogen) atoms. The molecule has 2 atom stereocenters. The largest absolute Gasteiger partial charge is 0.491 e. The summed E-state index contributed by atoms with van der Waals surface area (Å²) in [6.07, 6.45) is -0.936. The molecule has 8 aromatic rings. The molecular weight excluding hydrogens is 1030 g/mol. The average Bonchev–Trinajstić information content (AvgIpc) is 3.72. The van der Waals surface area contributed by atoms with Crippen molar-refractivity contribution >= 4 is 45.4 Å². The lowest BCUT2D eigenvalue weighted by atomic mass is 9.84. The molecule has 0 fully saturated rings. The fourth-order valence-electron chi connectivity index (χ4n) is 11.4. The van der Waals surface area contributed by atoms with Gasteiger partial charge in [0.1, 0.15) is 73.7 Å². The number of benzene rings is 8. The molecule has 0 aromatic heterocycles. The topological polar surface area (TPSA) is 178 Å². The highest BCUT2D eigenvalue weighted by atomic mass is 16.6. The lowest BCUT2D eigenvalue weighted by molar-refractivity contribution is -0.145. The summed E-state index contributed by atoms with van der Waals surface area (Å²) < 4.78 is 49.5. The smallest absolute Gasteiger partial charge is 0.407 e. The normalized spacial score (nSPS) is 15.8. The molecule has 3 aliphatic rings. The number of methoxy groups -OCH3 is 1. The van der Waals surface area contributed by atoms with Crippen molar-refractivity contribution in [2.24, 2.45) is 0 Å². The van der Waals surface area contributed by atoms with Gasteiger partial charge >= 0.3 is 12.1 Å². The van der Waals surface area contributed by atoms with Crippen LogP contribution in [0.5, 0.6) is 23.0 Å². The molecule has 0 radical (unpaired) electrons. The molecule has 11 rings (SSSR count). The van der Waals surface area contributed by atoms with E-state index in [4.69, 9.17) is 37.9 Å². The third-order valence-corrected chi connectivity index (χ3v) is 15.2. The quantitative estimate of drug-likeness (QED) is 0.123. The Hall–Kier alpha value is -8.92. The molecule has 414 valence electrons. The van der Waals surface area contributed by atoms with Crippen LogP contribution in [0.25, 0.3) is 54.9 Å². The third-order valence-electron chi connectivity index (χ3n) is 15.2. The Morgan fingerprint density at radius 3 is 1.46 bits per heavy atom. The Morgan fingerprint density at radius 1 is 0.506 bits per heavy atom. The molecule has 3 N–H and O–H groups in total. The maximum absolute atomic E-state index is 15.1. The number of rotatable bonds is 8. The second-order valence-electron chi connectivity index (χ2n) is 20.4. The maximum Gasteiger partial charge on any atom is 0.407 e. The zero-order valence-corrected chi connectivity index (χ0v) is 45.4. The van der Waals surface area contributed by atoms with E-state index < -0.39 is 41.5 Å². The Kier molecular flexibility index (Phi) is 16.2. The SMILES string of the molecule is COC(=O)[C@H](C)NC(=O)C1(NC(=O)[C@H](C)NC(=O)OCC2c3ccccc3-c3ccccc32)Cc2cccc3c2-c2c(cccc2OCCOCCOc2ccc4ccccc4c2-c2c(ccc4ccccc24)OCCOCCO3)C1. The highest BCUT2D eigenvalue weighted by Crippen LogP contribution is 2.48. The van der Waals surface area contributed by atoms with Gasteiger partial charge in [0.05, 0.1) is 33.5 Å². The molecule has 2 aliphatic carbocycles. The van der Waals surface area contributed by atoms with Crippen LogP contribution in [0, 0.1) is 0 Å². The van der Waals surface area contributed by atoms with Crippen LogP contribution in [0.4, 0.5) is 4.79 Å². The summed E-state index contributed by atoms with van der Waals surface area (Å²) in [6, 6.07) is 49.4. The fraction of sp³-hybridized carbons (Fsp3) is 0.273. The third kappa shape index (κ3) is 11.3. The fourth-order valence-corrected chi connectivity index (χ4v) is 11.4. The average molecular weight is 1090 g/mol. The Bertz CT molecular complexity index is 3460. The molecule has 0 unspecified atom stereocenters. The number of hydrogen-bond acceptors (Lipinski definition) is 12. The van der Waals surface area contributed by atoms with Gasteiger partial charge in [-0.1, -0.05) is 133 Å². The first-order chi connectivity index (χ1) is 39.6. The van der Waals surface area contributed by atoms with Crippen LogP contribution in [-0.4, -0.2) is 108 Å². The summed E-state index contributed by atoms with van der Waals surface area (Å²) in [6.45, 7) is 4.81. The summed E-state index contributed by atoms with van der Waals surface area (Å²) >= 11 is 0. The standard InChI is InChI=1S/C66H63N3O12/c1-41(68-65(73)81-40-53-51-22-10-8-20-49(51)50-21-9-11-23-52(50)53)62(70)69-66(64(72)67-42(2)63(71)74-3)38-45-16-12-24-54-58(45)59-46(39-66)17-13-25-55(59)78-35-31-76-33-37-80-57-29-27-44-15-5-7-19-48(44)61(57)60-47-18-6-4-14-43(47)26-28-56(60)79-36-32-75-30-34-77-54/h4-29,41-42,53H,30-40H2,1-3H3,(H,67,72)(H,68,73)(H,69,70)/t41-,42-/m0/s1. The number of ether oxygens (including phenoxy) is 8. The first-order valence-electron chi connectivity index (χ1n) is 27.4. The van der Waals surface area contributed by atoms with Crippen LogP contribution >= 0.6 is 0 Å². The minimum atomic E-state index is -1.75. The number of carbonyl (C=O) groups is 4. The van der Waals surface area contributed by atoms with Crippen LogP contribution in [0.15, 0.2) is 158 Å². The number of alkyl carbamates (subject to hydrolysis) is 1. The van der Waals surface area contributed by atoms with Crippen molar-refractivity contribution in [2.75, 3.05) is 66.6 Å². The molecule has 0 bridgehead atoms. The van der Waals surface area contributed by atoms with Gasteiger partial charge in [0.25, 0.3) is 0 Å². The molecule has 8 aromatic carbocycles. The van der Waals surface area contributed by atoms with E-state index in [-0.39, 0.29) is 78.2 Å². The summed E-state index contributed by atoms with van der Waals surface area (Å²) in [5.41, 5.74) is 6.90. The van der Waals surface area contributed by atoms with E-state index in [1.54, 1.807) is 0 Å². The van der Waals surface area contributed by atoms with Gasteiger partial charge in [0.15, 0.2) is 0 Å². The van der Waals surface area contributed by atoms with Crippen LogP contribution < -0.4 is 34.9 Å². The van der Waals surface area contributed by atoms with Crippen LogP contribution in [0.2, 0.25) is 0 Å². The van der Waals surface area contributed by atoms with E-state index >= 15 is 4.79 Å². The van der Waals surface area contributed by atoms with E-state index in [9.17, 15) is 14.4 Å². The number of carbonyl (C=O) groups excluding carboxylic acids is 4. The number of amides is 3. The molecule has 1 aliphatic heterocycles. The predicted molar refractivity (Wildman–Crippen MR) is 308 cm³/mol. The predicted octanol–water partition coefficient (Wildman–Crippen LogP) is 10.1. The van der Waals surface area contributed by atoms with E-state index in [0.717, 1.165) is 54.9 Å². The minimum absolute atomic E-state index is 0.0368. The van der Waals surface area contributed by atoms with Gasteiger partial charge in [-0.05, 0) is 93.0 Å². The van der Waals surface area contributed by atoms with Crippen molar-refractivity contribution in [2.45, 2.75) is 50.2 Å². The second kappa shape index (κ2) is 24.2. The summed E-state index contributed by atoms with van der Waals surface area (Å²) in [5.74, 6) is 0.158. The van der Waals surface area contributed by atoms with Crippen molar-refractivity contribution in [3.63, 3.8) is 0 Å². The summed E-state index contributed by atoms with van der Waals surface area (Å²) in [5, 5.41) is 12.7. The van der Waals surface area contributed by atoms with Gasteiger partial charge < -0.3 is 53.8 Å². The van der Waals surface area contributed by atoms with Gasteiger partial charge in [-0.3, -0.25) is 9.59 Å². The molecule has 15 nitrogen and oxygen atoms in total. The van der Waals surface area contributed by atoms with Gasteiger partial charge in [-0.25, -0.2) is 9.59 Å². The zero-order valence-electron chi connectivity index (χ0n) is 45.4. The molecule has 0 saturated heterocycles. The van der Waals surface area contributed by atoms with E-state index in [0.29, 0.717) is 45.3 Å². The van der Waals surface area contributed by atoms with Crippen LogP contribution in [-0.2, 0) is 46.2 Å². The van der Waals surface area contributed by atoms with Gasteiger partial charge in [-0.15, -0.1) is 0 Å². The first kappa shape index (κ1) is 54.1. The monoisotopic (exact) mass is 1090 g/mol. The number of fused-ring (bicyclic) bond motifs is 10. The summed E-state index contributed by atoms with van der Waals surface area (Å²) in [4.78, 5) is 56.1. The van der Waals surface area contributed by atoms with E-state index in [1.165, 1.54) is 21.0 Å². The second-order valence-corrected chi connectivity index (χ2v) is 20.4. The lowest BCUT2D eigenvalue weighted by Gasteiger charge is -2.35. The van der Waals surface area contributed by atoms with Crippen molar-refractivity contribution in [1.29, 1.82) is 0 Å². The maximum atomic E-state index is 15.1. The molecule has 15 heteroatoms. The zero-order chi connectivity index (χ0) is 55.9. The van der Waals surface area contributed by atoms with Gasteiger partial charge in [-0.2, -0.15) is 0 Å². The van der Waals surface area contributed by atoms with Crippen LogP contribution in [0.1, 0.15) is 42.0 Å². The molecular formula is C66H63N3O12. The Labute approximate surface area is 469 Å². The lowest BCUT2D eigenvalue weighted by Crippen LogP contribution is -2.65. The first-order valence-corrected chi connectivity index (χ1v) is 27.4. The molecule has 3 amide bonds. The van der Waals surface area contributed by atoms with E-state index in [2.05, 4.69) is 64.5 Å². The number of esters is 1. The highest BCUT2D eigenvalue weighted by molar-refractivity contribution is 6.10. The summed E-state index contributed by atoms with van der Waals surface area (Å²) in [7, 11) is 1.23. The molecule has 0 spiro atoms. The van der Waals surface area contributed by atoms with Crippen molar-refractivity contribution in [3.05, 3.63) is 180 Å². The van der Waals surface area contributed by atoms with Gasteiger partial charge in [0, 0.05) is 41.0 Å². The van der Waals surface area contributed by atoms with Crippen LogP contribution in [0.3, 0.4) is 0 Å². The van der Waals surface area contributed by atoms with Gasteiger partial charge in [0.2, 0.25) is 11.8 Å². The highest BCUT2D eigenvalue weighted by Gasteiger charge is 2.46. The number of hydrogen-bond donors (Lipinski definition) is 3. The number of nitrogens with one attached hydrogen (secondary N) is 3. The van der Waals surface area contributed by atoms with Crippen molar-refractivity contribution in [1.82, 2.24) is 16.0 Å². The molecule has 1 heterocycles. The van der Waals surface area contributed by atoms with Crippen molar-refractivity contribution in [3.8, 4) is 56.4 Å². The minimum Gasteiger partial charge on any atom is -0.491 e. The van der Waals surface area contributed by atoms with Crippen molar-refractivity contribution < 1.29 is 57.1 Å².